The first-order valence-electron chi connectivity index (χ1n) is 5.55. The predicted octanol–water partition coefficient (Wildman–Crippen LogP) is -0.279. The molecule has 1 saturated heterocycles. The number of H-pyrrole nitrogens is 1. The first-order chi connectivity index (χ1) is 7.77. The molecule has 1 aliphatic heterocycles. The summed E-state index contributed by atoms with van der Waals surface area (Å²) in [4.78, 5) is 11.7. The molecule has 1 amide bonds. The fourth-order valence-corrected chi connectivity index (χ4v) is 1.90. The van der Waals surface area contributed by atoms with Crippen LogP contribution < -0.4 is 16.4 Å². The third-order valence-electron chi connectivity index (χ3n) is 2.92. The molecule has 0 unspecified atom stereocenters. The molecule has 1 aromatic rings. The lowest BCUT2D eigenvalue weighted by atomic mass is 9.98. The molecule has 16 heavy (non-hydrogen) atoms. The molecule has 0 radical (unpaired) electrons. The number of carbonyl (C=O) groups is 1. The van der Waals surface area contributed by atoms with Gasteiger partial charge in [0.25, 0.3) is 5.91 Å². The number of nitrogen functional groups attached to an aromatic ring is 1. The smallest absolute Gasteiger partial charge is 0.256 e. The number of rotatable bonds is 3. The molecule has 1 fully saturated rings. The second-order valence-corrected chi connectivity index (χ2v) is 4.10. The summed E-state index contributed by atoms with van der Waals surface area (Å²) in [5, 5.41) is 12.4. The topological polar surface area (TPSA) is 95.8 Å². The van der Waals surface area contributed by atoms with Crippen LogP contribution in [-0.4, -0.2) is 35.7 Å². The summed E-state index contributed by atoms with van der Waals surface area (Å²) in [7, 11) is 0. The Morgan fingerprint density at radius 3 is 2.94 bits per heavy atom. The van der Waals surface area contributed by atoms with Gasteiger partial charge in [0.1, 0.15) is 11.4 Å². The summed E-state index contributed by atoms with van der Waals surface area (Å²) in [5.74, 6) is 0.742. The third kappa shape index (κ3) is 2.52. The van der Waals surface area contributed by atoms with Gasteiger partial charge in [0, 0.05) is 6.54 Å². The molecule has 88 valence electrons. The summed E-state index contributed by atoms with van der Waals surface area (Å²) >= 11 is 0. The van der Waals surface area contributed by atoms with E-state index in [-0.39, 0.29) is 5.91 Å². The molecular weight excluding hydrogens is 206 g/mol. The molecular formula is C10H17N5O. The van der Waals surface area contributed by atoms with Crippen molar-refractivity contribution in [2.45, 2.75) is 12.8 Å². The lowest BCUT2D eigenvalue weighted by molar-refractivity contribution is 0.0945. The minimum atomic E-state index is -0.148. The van der Waals surface area contributed by atoms with E-state index in [1.807, 2.05) is 0 Å². The molecule has 0 aromatic carbocycles. The number of nitrogens with two attached hydrogens (primary N) is 1. The van der Waals surface area contributed by atoms with Crippen LogP contribution in [-0.2, 0) is 0 Å². The number of nitrogens with one attached hydrogen (secondary N) is 3. The molecule has 2 rings (SSSR count). The molecule has 6 nitrogen and oxygen atoms in total. The Morgan fingerprint density at radius 2 is 2.31 bits per heavy atom. The number of hydrogen-bond donors (Lipinski definition) is 4. The Labute approximate surface area is 94.0 Å². The van der Waals surface area contributed by atoms with Crippen LogP contribution in [0.25, 0.3) is 0 Å². The van der Waals surface area contributed by atoms with Gasteiger partial charge in [-0.05, 0) is 31.8 Å². The van der Waals surface area contributed by atoms with Crippen LogP contribution in [0.2, 0.25) is 0 Å². The van der Waals surface area contributed by atoms with Crippen molar-refractivity contribution in [3.05, 3.63) is 11.8 Å². The van der Waals surface area contributed by atoms with Crippen molar-refractivity contribution < 1.29 is 4.79 Å². The van der Waals surface area contributed by atoms with Gasteiger partial charge in [0.05, 0.1) is 6.20 Å². The zero-order valence-corrected chi connectivity index (χ0v) is 9.12. The summed E-state index contributed by atoms with van der Waals surface area (Å²) in [5.41, 5.74) is 5.99. The third-order valence-corrected chi connectivity index (χ3v) is 2.92. The highest BCUT2D eigenvalue weighted by atomic mass is 16.1. The highest BCUT2D eigenvalue weighted by Crippen LogP contribution is 2.11. The van der Waals surface area contributed by atoms with E-state index >= 15 is 0 Å². The molecule has 0 atom stereocenters. The summed E-state index contributed by atoms with van der Waals surface area (Å²) in [6.45, 7) is 2.79. The number of anilines is 1. The van der Waals surface area contributed by atoms with Gasteiger partial charge in [-0.25, -0.2) is 0 Å². The van der Waals surface area contributed by atoms with Crippen LogP contribution in [0, 0.1) is 5.92 Å². The second-order valence-electron chi connectivity index (χ2n) is 4.10. The highest BCUT2D eigenvalue weighted by molar-refractivity contribution is 5.98. The SMILES string of the molecule is Nc1[nH]ncc1C(=O)NCC1CCNCC1. The first kappa shape index (κ1) is 10.9. The summed E-state index contributed by atoms with van der Waals surface area (Å²) in [6.07, 6.45) is 3.68. The maximum absolute atomic E-state index is 11.7. The zero-order chi connectivity index (χ0) is 11.4. The largest absolute Gasteiger partial charge is 0.383 e. The van der Waals surface area contributed by atoms with Crippen molar-refractivity contribution in [2.75, 3.05) is 25.4 Å². The van der Waals surface area contributed by atoms with E-state index in [1.165, 1.54) is 6.20 Å². The minimum Gasteiger partial charge on any atom is -0.383 e. The number of hydrogen-bond acceptors (Lipinski definition) is 4. The molecule has 0 spiro atoms. The van der Waals surface area contributed by atoms with Gasteiger partial charge in [-0.1, -0.05) is 0 Å². The van der Waals surface area contributed by atoms with E-state index in [1.54, 1.807) is 0 Å². The van der Waals surface area contributed by atoms with Crippen molar-refractivity contribution in [1.82, 2.24) is 20.8 Å². The molecule has 0 bridgehead atoms. The standard InChI is InChI=1S/C10H17N5O/c11-9-8(6-14-15-9)10(16)13-5-7-1-3-12-4-2-7/h6-7,12H,1-5H2,(H,13,16)(H3,11,14,15). The Balaban J connectivity index is 1.81. The minimum absolute atomic E-state index is 0.148. The molecule has 1 aromatic heterocycles. The number of carbonyl (C=O) groups excluding carboxylic acids is 1. The highest BCUT2D eigenvalue weighted by Gasteiger charge is 2.16. The van der Waals surface area contributed by atoms with E-state index in [2.05, 4.69) is 20.8 Å². The average Bonchev–Trinajstić information content (AvgIpc) is 2.74. The predicted molar refractivity (Wildman–Crippen MR) is 60.9 cm³/mol. The second kappa shape index (κ2) is 4.98. The monoisotopic (exact) mass is 223 g/mol. The normalized spacial score (nSPS) is 17.2. The van der Waals surface area contributed by atoms with Crippen LogP contribution in [0.15, 0.2) is 6.20 Å². The Morgan fingerprint density at radius 1 is 1.56 bits per heavy atom. The van der Waals surface area contributed by atoms with Crippen LogP contribution in [0.3, 0.4) is 0 Å². The van der Waals surface area contributed by atoms with Gasteiger partial charge in [0.2, 0.25) is 0 Å². The van der Waals surface area contributed by atoms with E-state index < -0.39 is 0 Å². The molecule has 0 saturated carbocycles. The van der Waals surface area contributed by atoms with E-state index in [0.717, 1.165) is 25.9 Å². The molecule has 2 heterocycles. The number of aromatic nitrogens is 2. The Bertz CT molecular complexity index is 356. The molecule has 1 aliphatic rings. The van der Waals surface area contributed by atoms with Gasteiger partial charge in [0.15, 0.2) is 0 Å². The maximum atomic E-state index is 11.7. The molecule has 6 heteroatoms. The maximum Gasteiger partial charge on any atom is 0.256 e. The van der Waals surface area contributed by atoms with Gasteiger partial charge < -0.3 is 16.4 Å². The Kier molecular flexibility index (Phi) is 3.40. The van der Waals surface area contributed by atoms with Crippen LogP contribution in [0.5, 0.6) is 0 Å². The van der Waals surface area contributed by atoms with Gasteiger partial charge in [-0.15, -0.1) is 0 Å². The van der Waals surface area contributed by atoms with Crippen molar-refractivity contribution in [2.24, 2.45) is 5.92 Å². The quantitative estimate of drug-likeness (QED) is 0.567. The summed E-state index contributed by atoms with van der Waals surface area (Å²) in [6, 6.07) is 0. The van der Waals surface area contributed by atoms with E-state index in [9.17, 15) is 4.79 Å². The van der Waals surface area contributed by atoms with Crippen molar-refractivity contribution in [3.63, 3.8) is 0 Å². The van der Waals surface area contributed by atoms with Gasteiger partial charge >= 0.3 is 0 Å². The van der Waals surface area contributed by atoms with Crippen LogP contribution in [0.4, 0.5) is 5.82 Å². The summed E-state index contributed by atoms with van der Waals surface area (Å²) < 4.78 is 0. The molecule has 5 N–H and O–H groups in total. The number of amides is 1. The lowest BCUT2D eigenvalue weighted by Gasteiger charge is -2.22. The van der Waals surface area contributed by atoms with E-state index in [0.29, 0.717) is 23.8 Å². The van der Waals surface area contributed by atoms with Crippen molar-refractivity contribution >= 4 is 11.7 Å². The fourth-order valence-electron chi connectivity index (χ4n) is 1.90. The molecule has 0 aliphatic carbocycles. The number of nitrogens with zero attached hydrogens (tertiary/aromatic N) is 1. The van der Waals surface area contributed by atoms with Crippen molar-refractivity contribution in [1.29, 1.82) is 0 Å². The van der Waals surface area contributed by atoms with Gasteiger partial charge in [-0.2, -0.15) is 5.10 Å². The zero-order valence-electron chi connectivity index (χ0n) is 9.12. The lowest BCUT2D eigenvalue weighted by Crippen LogP contribution is -2.36. The fraction of sp³-hybridized carbons (Fsp3) is 0.600. The van der Waals surface area contributed by atoms with Crippen LogP contribution >= 0.6 is 0 Å². The van der Waals surface area contributed by atoms with Gasteiger partial charge in [-0.3, -0.25) is 9.89 Å². The van der Waals surface area contributed by atoms with E-state index in [4.69, 9.17) is 5.73 Å². The number of aromatic amines is 1. The first-order valence-corrected chi connectivity index (χ1v) is 5.55. The Hall–Kier alpha value is -1.56. The van der Waals surface area contributed by atoms with Crippen molar-refractivity contribution in [3.8, 4) is 0 Å². The number of piperidine rings is 1. The average molecular weight is 223 g/mol. The van der Waals surface area contributed by atoms with Crippen LogP contribution in [0.1, 0.15) is 23.2 Å².